The van der Waals surface area contributed by atoms with E-state index in [-0.39, 0.29) is 28.1 Å². The number of nitro benzene ring substituents is 1. The van der Waals surface area contributed by atoms with Crippen molar-refractivity contribution in [2.45, 2.75) is 30.2 Å². The van der Waals surface area contributed by atoms with Crippen LogP contribution in [0.4, 0.5) is 11.4 Å². The third-order valence-electron chi connectivity index (χ3n) is 6.22. The largest absolute Gasteiger partial charge is 0.368 e. The van der Waals surface area contributed by atoms with Crippen LogP contribution in [0.5, 0.6) is 0 Å². The molecule has 1 unspecified atom stereocenters. The molecule has 10 nitrogen and oxygen atoms in total. The van der Waals surface area contributed by atoms with Crippen molar-refractivity contribution in [3.05, 3.63) is 28.3 Å². The van der Waals surface area contributed by atoms with Gasteiger partial charge in [-0.05, 0) is 25.3 Å². The minimum Gasteiger partial charge on any atom is -0.368 e. The van der Waals surface area contributed by atoms with Crippen molar-refractivity contribution in [2.24, 2.45) is 0 Å². The lowest BCUT2D eigenvalue weighted by atomic mass is 10.1. The molecule has 0 aromatic heterocycles. The summed E-state index contributed by atoms with van der Waals surface area (Å²) in [6.45, 7) is 3.18. The summed E-state index contributed by atoms with van der Waals surface area (Å²) in [5.41, 5.74) is 0.234. The molecule has 3 aliphatic heterocycles. The monoisotopic (exact) mass is 458 g/mol. The molecule has 3 aliphatic rings. The number of non-ortho nitro benzene ring substituents is 1. The Hall–Kier alpha value is -1.76. The summed E-state index contributed by atoms with van der Waals surface area (Å²) in [6.07, 6.45) is 2.20. The number of anilines is 1. The van der Waals surface area contributed by atoms with Crippen LogP contribution in [0.15, 0.2) is 23.1 Å². The number of nitro groups is 1. The molecule has 3 fully saturated rings. The van der Waals surface area contributed by atoms with Crippen molar-refractivity contribution < 1.29 is 21.8 Å². The average molecular weight is 459 g/mol. The van der Waals surface area contributed by atoms with E-state index >= 15 is 0 Å². The Kier molecular flexibility index (Phi) is 5.77. The molecule has 0 saturated carbocycles. The summed E-state index contributed by atoms with van der Waals surface area (Å²) in [5, 5.41) is 11.3. The van der Waals surface area contributed by atoms with Crippen LogP contribution < -0.4 is 4.90 Å². The van der Waals surface area contributed by atoms with Gasteiger partial charge in [-0.15, -0.1) is 0 Å². The first-order chi connectivity index (χ1) is 14.2. The molecule has 1 aromatic carbocycles. The zero-order valence-electron chi connectivity index (χ0n) is 16.6. The molecule has 0 spiro atoms. The van der Waals surface area contributed by atoms with E-state index in [1.807, 2.05) is 4.90 Å². The van der Waals surface area contributed by atoms with Gasteiger partial charge in [-0.3, -0.25) is 15.0 Å². The van der Waals surface area contributed by atoms with Crippen molar-refractivity contribution in [3.8, 4) is 0 Å². The molecule has 0 N–H and O–H groups in total. The van der Waals surface area contributed by atoms with Gasteiger partial charge in [-0.2, -0.15) is 4.31 Å². The third kappa shape index (κ3) is 4.18. The molecule has 0 bridgehead atoms. The Balaban J connectivity index is 1.58. The van der Waals surface area contributed by atoms with E-state index in [0.29, 0.717) is 51.4 Å². The Labute approximate surface area is 176 Å². The summed E-state index contributed by atoms with van der Waals surface area (Å²) in [6, 6.07) is 4.05. The molecule has 3 heterocycles. The van der Waals surface area contributed by atoms with E-state index in [2.05, 4.69) is 4.90 Å². The summed E-state index contributed by atoms with van der Waals surface area (Å²) >= 11 is 0. The van der Waals surface area contributed by atoms with Crippen molar-refractivity contribution in [1.82, 2.24) is 9.21 Å². The molecule has 30 heavy (non-hydrogen) atoms. The van der Waals surface area contributed by atoms with Crippen molar-refractivity contribution >= 4 is 31.2 Å². The fourth-order valence-corrected chi connectivity index (χ4v) is 8.05. The first kappa shape index (κ1) is 21.5. The fourth-order valence-electron chi connectivity index (χ4n) is 4.54. The van der Waals surface area contributed by atoms with E-state index in [1.54, 1.807) is 0 Å². The maximum atomic E-state index is 13.2. The summed E-state index contributed by atoms with van der Waals surface area (Å²) in [5.74, 6) is 0.400. The number of rotatable bonds is 5. The topological polar surface area (TPSA) is 121 Å². The van der Waals surface area contributed by atoms with Gasteiger partial charge in [0.05, 0.1) is 22.1 Å². The fraction of sp³-hybridized carbons (Fsp3) is 0.667. The highest BCUT2D eigenvalue weighted by atomic mass is 32.2. The van der Waals surface area contributed by atoms with Crippen molar-refractivity contribution in [1.29, 1.82) is 0 Å². The number of piperazine rings is 1. The first-order valence-electron chi connectivity index (χ1n) is 10.2. The quantitative estimate of drug-likeness (QED) is 0.467. The second kappa shape index (κ2) is 8.06. The predicted molar refractivity (Wildman–Crippen MR) is 112 cm³/mol. The van der Waals surface area contributed by atoms with Gasteiger partial charge >= 0.3 is 0 Å². The maximum absolute atomic E-state index is 13.2. The van der Waals surface area contributed by atoms with Crippen LogP contribution in [0, 0.1) is 10.1 Å². The smallest absolute Gasteiger partial charge is 0.270 e. The van der Waals surface area contributed by atoms with E-state index in [9.17, 15) is 26.9 Å². The SMILES string of the molecule is O=[N+]([O-])c1ccc(N2CCN(C3CCS(=O)(=O)C3)CC2)c(S(=O)(=O)N2CCCC2)c1. The molecule has 166 valence electrons. The van der Waals surface area contributed by atoms with Gasteiger partial charge in [0.1, 0.15) is 4.90 Å². The first-order valence-corrected chi connectivity index (χ1v) is 13.4. The van der Waals surface area contributed by atoms with Gasteiger partial charge in [-0.1, -0.05) is 0 Å². The summed E-state index contributed by atoms with van der Waals surface area (Å²) in [7, 11) is -6.79. The second-order valence-electron chi connectivity index (χ2n) is 8.10. The summed E-state index contributed by atoms with van der Waals surface area (Å²) < 4.78 is 51.4. The number of sulfonamides is 1. The van der Waals surface area contributed by atoms with Crippen LogP contribution in [0.1, 0.15) is 19.3 Å². The number of hydrogen-bond acceptors (Lipinski definition) is 8. The van der Waals surface area contributed by atoms with Gasteiger partial charge in [0, 0.05) is 57.4 Å². The highest BCUT2D eigenvalue weighted by molar-refractivity contribution is 7.91. The van der Waals surface area contributed by atoms with Gasteiger partial charge in [-0.25, -0.2) is 16.8 Å². The van der Waals surface area contributed by atoms with Crippen molar-refractivity contribution in [3.63, 3.8) is 0 Å². The summed E-state index contributed by atoms with van der Waals surface area (Å²) in [4.78, 5) is 14.8. The van der Waals surface area contributed by atoms with Crippen molar-refractivity contribution in [2.75, 3.05) is 55.7 Å². The van der Waals surface area contributed by atoms with E-state index < -0.39 is 24.8 Å². The molecular formula is C18H26N4O6S2. The average Bonchev–Trinajstić information content (AvgIpc) is 3.38. The Morgan fingerprint density at radius 2 is 1.70 bits per heavy atom. The molecular weight excluding hydrogens is 432 g/mol. The molecule has 1 aromatic rings. The minimum atomic E-state index is -3.82. The standard InChI is InChI=1S/C18H26N4O6S2/c23-22(24)15-3-4-17(18(13-15)30(27,28)21-6-1-2-7-21)20-10-8-19(9-11-20)16-5-12-29(25,26)14-16/h3-4,13,16H,1-2,5-12,14H2. The van der Waals surface area contributed by atoms with E-state index in [1.165, 1.54) is 22.5 Å². The number of benzene rings is 1. The second-order valence-corrected chi connectivity index (χ2v) is 12.2. The maximum Gasteiger partial charge on any atom is 0.270 e. The van der Waals surface area contributed by atoms with Gasteiger partial charge in [0.25, 0.3) is 5.69 Å². The Bertz CT molecular complexity index is 1030. The molecule has 4 rings (SSSR count). The molecule has 0 aliphatic carbocycles. The predicted octanol–water partition coefficient (Wildman–Crippen LogP) is 0.688. The molecule has 0 radical (unpaired) electrons. The van der Waals surface area contributed by atoms with Crippen LogP contribution >= 0.6 is 0 Å². The zero-order valence-corrected chi connectivity index (χ0v) is 18.3. The lowest BCUT2D eigenvalue weighted by Crippen LogP contribution is -2.51. The van der Waals surface area contributed by atoms with Gasteiger partial charge in [0.2, 0.25) is 10.0 Å². The normalized spacial score (nSPS) is 25.6. The molecule has 3 saturated heterocycles. The third-order valence-corrected chi connectivity index (χ3v) is 9.89. The minimum absolute atomic E-state index is 0.0156. The van der Waals surface area contributed by atoms with Gasteiger partial charge < -0.3 is 4.90 Å². The Morgan fingerprint density at radius 3 is 2.27 bits per heavy atom. The highest BCUT2D eigenvalue weighted by Gasteiger charge is 2.36. The van der Waals surface area contributed by atoms with E-state index in [0.717, 1.165) is 12.8 Å². The highest BCUT2D eigenvalue weighted by Crippen LogP contribution is 2.34. The van der Waals surface area contributed by atoms with E-state index in [4.69, 9.17) is 0 Å². The van der Waals surface area contributed by atoms with Crippen LogP contribution in [-0.2, 0) is 19.9 Å². The lowest BCUT2D eigenvalue weighted by molar-refractivity contribution is -0.385. The van der Waals surface area contributed by atoms with Crippen LogP contribution in [0.25, 0.3) is 0 Å². The van der Waals surface area contributed by atoms with Crippen LogP contribution in [0.3, 0.4) is 0 Å². The number of nitrogens with zero attached hydrogens (tertiary/aromatic N) is 4. The molecule has 1 atom stereocenters. The number of sulfone groups is 1. The zero-order chi connectivity index (χ0) is 21.5. The van der Waals surface area contributed by atoms with Gasteiger partial charge in [0.15, 0.2) is 9.84 Å². The van der Waals surface area contributed by atoms with Crippen LogP contribution in [-0.4, -0.2) is 87.8 Å². The number of hydrogen-bond donors (Lipinski definition) is 0. The molecule has 12 heteroatoms. The lowest BCUT2D eigenvalue weighted by Gasteiger charge is -2.39. The molecule has 0 amide bonds. The van der Waals surface area contributed by atoms with Crippen LogP contribution in [0.2, 0.25) is 0 Å². The Morgan fingerprint density at radius 1 is 1.03 bits per heavy atom.